The van der Waals surface area contributed by atoms with Gasteiger partial charge in [0.2, 0.25) is 10.0 Å². The summed E-state index contributed by atoms with van der Waals surface area (Å²) in [6.45, 7) is 5.76. The highest BCUT2D eigenvalue weighted by Crippen LogP contribution is 2.27. The van der Waals surface area contributed by atoms with Crippen LogP contribution < -0.4 is 5.32 Å². The zero-order valence-corrected chi connectivity index (χ0v) is 16.6. The van der Waals surface area contributed by atoms with Crippen LogP contribution in [-0.2, 0) is 14.8 Å². The number of sulfonamides is 1. The van der Waals surface area contributed by atoms with Gasteiger partial charge in [-0.2, -0.15) is 4.31 Å². The molecule has 1 fully saturated rings. The number of halogens is 1. The van der Waals surface area contributed by atoms with Crippen molar-refractivity contribution in [2.75, 3.05) is 26.7 Å². The number of rotatable bonds is 6. The molecule has 1 saturated heterocycles. The van der Waals surface area contributed by atoms with E-state index in [1.807, 2.05) is 6.92 Å². The standard InChI is InChI=1S/C17H26N2O4S.ClH/c1-4-12-19(14-8-10-18-11-9-14)24(21,22)16-7-5-6-15(13(16)2)17(20)23-3;/h5-7,14,18H,4,8-12H2,1-3H3;1H. The van der Waals surface area contributed by atoms with Crippen LogP contribution in [-0.4, -0.2) is 51.5 Å². The number of nitrogens with one attached hydrogen (secondary N) is 1. The highest BCUT2D eigenvalue weighted by atomic mass is 35.5. The van der Waals surface area contributed by atoms with E-state index in [9.17, 15) is 13.2 Å². The molecule has 1 aliphatic rings. The van der Waals surface area contributed by atoms with E-state index in [-0.39, 0.29) is 23.3 Å². The third-order valence-corrected chi connectivity index (χ3v) is 6.53. The minimum atomic E-state index is -3.66. The van der Waals surface area contributed by atoms with Gasteiger partial charge in [-0.3, -0.25) is 0 Å². The van der Waals surface area contributed by atoms with Crippen LogP contribution in [0.5, 0.6) is 0 Å². The van der Waals surface area contributed by atoms with E-state index in [2.05, 4.69) is 5.32 Å². The largest absolute Gasteiger partial charge is 0.465 e. The molecule has 0 aliphatic carbocycles. The lowest BCUT2D eigenvalue weighted by Gasteiger charge is -2.34. The molecule has 0 amide bonds. The molecule has 2 rings (SSSR count). The van der Waals surface area contributed by atoms with Gasteiger partial charge in [-0.05, 0) is 57.0 Å². The predicted molar refractivity (Wildman–Crippen MR) is 99.8 cm³/mol. The van der Waals surface area contributed by atoms with Gasteiger partial charge in [-0.25, -0.2) is 13.2 Å². The molecule has 8 heteroatoms. The molecule has 1 heterocycles. The van der Waals surface area contributed by atoms with E-state index < -0.39 is 16.0 Å². The highest BCUT2D eigenvalue weighted by Gasteiger charge is 2.33. The zero-order valence-electron chi connectivity index (χ0n) is 14.9. The van der Waals surface area contributed by atoms with Crippen molar-refractivity contribution in [2.24, 2.45) is 0 Å². The summed E-state index contributed by atoms with van der Waals surface area (Å²) in [6.07, 6.45) is 2.35. The summed E-state index contributed by atoms with van der Waals surface area (Å²) < 4.78 is 32.9. The summed E-state index contributed by atoms with van der Waals surface area (Å²) in [7, 11) is -2.37. The highest BCUT2D eigenvalue weighted by molar-refractivity contribution is 7.89. The van der Waals surface area contributed by atoms with Crippen LogP contribution in [0.1, 0.15) is 42.1 Å². The molecule has 6 nitrogen and oxygen atoms in total. The Morgan fingerprint density at radius 1 is 1.32 bits per heavy atom. The van der Waals surface area contributed by atoms with Crippen molar-refractivity contribution >= 4 is 28.4 Å². The van der Waals surface area contributed by atoms with E-state index in [1.165, 1.54) is 7.11 Å². The van der Waals surface area contributed by atoms with Crippen LogP contribution >= 0.6 is 12.4 Å². The summed E-state index contributed by atoms with van der Waals surface area (Å²) in [4.78, 5) is 12.1. The molecule has 25 heavy (non-hydrogen) atoms. The number of ether oxygens (including phenoxy) is 1. The minimum Gasteiger partial charge on any atom is -0.465 e. The van der Waals surface area contributed by atoms with E-state index in [4.69, 9.17) is 4.74 Å². The first-order chi connectivity index (χ1) is 11.4. The van der Waals surface area contributed by atoms with Crippen molar-refractivity contribution in [2.45, 2.75) is 44.0 Å². The maximum Gasteiger partial charge on any atom is 0.338 e. The number of hydrogen-bond donors (Lipinski definition) is 1. The van der Waals surface area contributed by atoms with Crippen molar-refractivity contribution < 1.29 is 17.9 Å². The molecule has 0 spiro atoms. The Bertz CT molecular complexity index is 688. The van der Waals surface area contributed by atoms with Gasteiger partial charge in [-0.15, -0.1) is 12.4 Å². The van der Waals surface area contributed by atoms with Gasteiger partial charge in [0.15, 0.2) is 0 Å². The normalized spacial score (nSPS) is 15.7. The van der Waals surface area contributed by atoms with Gasteiger partial charge < -0.3 is 10.1 Å². The number of nitrogens with zero attached hydrogens (tertiary/aromatic N) is 1. The molecule has 1 N–H and O–H groups in total. The molecule has 0 saturated carbocycles. The fourth-order valence-corrected chi connectivity index (χ4v) is 5.19. The van der Waals surface area contributed by atoms with Crippen LogP contribution in [0.15, 0.2) is 23.1 Å². The third-order valence-electron chi connectivity index (χ3n) is 4.44. The number of piperidine rings is 1. The Balaban J connectivity index is 0.00000312. The lowest BCUT2D eigenvalue weighted by molar-refractivity contribution is 0.0599. The summed E-state index contributed by atoms with van der Waals surface area (Å²) in [5.74, 6) is -0.520. The van der Waals surface area contributed by atoms with Gasteiger partial charge in [-0.1, -0.05) is 13.0 Å². The minimum absolute atomic E-state index is 0. The molecular formula is C17H27ClN2O4S. The summed E-state index contributed by atoms with van der Waals surface area (Å²) in [5.41, 5.74) is 0.736. The summed E-state index contributed by atoms with van der Waals surface area (Å²) in [6, 6.07) is 4.76. The van der Waals surface area contributed by atoms with Gasteiger partial charge in [0.25, 0.3) is 0 Å². The fraction of sp³-hybridized carbons (Fsp3) is 0.588. The second kappa shape index (κ2) is 9.52. The first kappa shape index (κ1) is 21.9. The molecule has 0 radical (unpaired) electrons. The lowest BCUT2D eigenvalue weighted by Crippen LogP contribution is -2.46. The van der Waals surface area contributed by atoms with E-state index in [1.54, 1.807) is 29.4 Å². The van der Waals surface area contributed by atoms with Crippen LogP contribution in [0.25, 0.3) is 0 Å². The van der Waals surface area contributed by atoms with Crippen LogP contribution in [0.4, 0.5) is 0 Å². The quantitative estimate of drug-likeness (QED) is 0.754. The molecule has 1 aromatic rings. The van der Waals surface area contributed by atoms with Crippen molar-refractivity contribution in [1.82, 2.24) is 9.62 Å². The molecular weight excluding hydrogens is 364 g/mol. The average molecular weight is 391 g/mol. The smallest absolute Gasteiger partial charge is 0.338 e. The van der Waals surface area contributed by atoms with E-state index >= 15 is 0 Å². The zero-order chi connectivity index (χ0) is 17.7. The molecule has 0 atom stereocenters. The average Bonchev–Trinajstić information content (AvgIpc) is 2.59. The van der Waals surface area contributed by atoms with Gasteiger partial charge in [0, 0.05) is 12.6 Å². The third kappa shape index (κ3) is 4.73. The Hall–Kier alpha value is -1.15. The van der Waals surface area contributed by atoms with E-state index in [0.29, 0.717) is 17.7 Å². The number of carbonyl (C=O) groups excluding carboxylic acids is 1. The van der Waals surface area contributed by atoms with Crippen LogP contribution in [0.3, 0.4) is 0 Å². The first-order valence-electron chi connectivity index (χ1n) is 8.34. The van der Waals surface area contributed by atoms with Crippen molar-refractivity contribution in [3.63, 3.8) is 0 Å². The molecule has 1 aromatic carbocycles. The molecule has 0 bridgehead atoms. The Morgan fingerprint density at radius 2 is 1.96 bits per heavy atom. The lowest BCUT2D eigenvalue weighted by atomic mass is 10.1. The van der Waals surface area contributed by atoms with Crippen LogP contribution in [0.2, 0.25) is 0 Å². The van der Waals surface area contributed by atoms with Crippen molar-refractivity contribution in [3.8, 4) is 0 Å². The Morgan fingerprint density at radius 3 is 2.52 bits per heavy atom. The Kier molecular flexibility index (Phi) is 8.34. The van der Waals surface area contributed by atoms with Crippen molar-refractivity contribution in [3.05, 3.63) is 29.3 Å². The monoisotopic (exact) mass is 390 g/mol. The summed E-state index contributed by atoms with van der Waals surface area (Å²) in [5, 5.41) is 3.26. The number of esters is 1. The van der Waals surface area contributed by atoms with Crippen molar-refractivity contribution in [1.29, 1.82) is 0 Å². The predicted octanol–water partition coefficient (Wildman–Crippen LogP) is 2.36. The number of hydrogen-bond acceptors (Lipinski definition) is 5. The SMILES string of the molecule is CCCN(C1CCNCC1)S(=O)(=O)c1cccc(C(=O)OC)c1C.Cl. The van der Waals surface area contributed by atoms with Gasteiger partial charge in [0.1, 0.15) is 0 Å². The number of benzene rings is 1. The molecule has 0 aromatic heterocycles. The van der Waals surface area contributed by atoms with Gasteiger partial charge >= 0.3 is 5.97 Å². The molecule has 1 aliphatic heterocycles. The maximum atomic E-state index is 13.3. The molecule has 142 valence electrons. The van der Waals surface area contributed by atoms with Crippen LogP contribution in [0, 0.1) is 6.92 Å². The summed E-state index contributed by atoms with van der Waals surface area (Å²) >= 11 is 0. The second-order valence-corrected chi connectivity index (χ2v) is 7.88. The first-order valence-corrected chi connectivity index (χ1v) is 9.78. The second-order valence-electron chi connectivity index (χ2n) is 6.02. The Labute approximate surface area is 156 Å². The van der Waals surface area contributed by atoms with E-state index in [0.717, 1.165) is 32.4 Å². The van der Waals surface area contributed by atoms with Gasteiger partial charge in [0.05, 0.1) is 17.6 Å². The topological polar surface area (TPSA) is 75.7 Å². The maximum absolute atomic E-state index is 13.3. The molecule has 0 unspecified atom stereocenters. The number of methoxy groups -OCH3 is 1. The number of carbonyl (C=O) groups is 1. The fourth-order valence-electron chi connectivity index (χ4n) is 3.17.